The van der Waals surface area contributed by atoms with Crippen molar-refractivity contribution in [3.8, 4) is 17.6 Å². The van der Waals surface area contributed by atoms with Crippen molar-refractivity contribution >= 4 is 0 Å². The summed E-state index contributed by atoms with van der Waals surface area (Å²) in [4.78, 5) is 0. The van der Waals surface area contributed by atoms with E-state index in [9.17, 15) is 17.6 Å². The van der Waals surface area contributed by atoms with Crippen LogP contribution in [0.15, 0.2) is 36.4 Å². The van der Waals surface area contributed by atoms with E-state index in [0.29, 0.717) is 11.6 Å². The zero-order chi connectivity index (χ0) is 15.6. The average molecular weight is 295 g/mol. The van der Waals surface area contributed by atoms with Gasteiger partial charge in [-0.1, -0.05) is 0 Å². The van der Waals surface area contributed by atoms with Crippen LogP contribution in [0.3, 0.4) is 0 Å². The van der Waals surface area contributed by atoms with E-state index in [1.165, 1.54) is 25.1 Å². The first-order valence-electron chi connectivity index (χ1n) is 5.86. The molecule has 0 saturated heterocycles. The van der Waals surface area contributed by atoms with Crippen molar-refractivity contribution in [1.82, 2.24) is 0 Å². The van der Waals surface area contributed by atoms with Crippen LogP contribution in [0.25, 0.3) is 0 Å². The van der Waals surface area contributed by atoms with Crippen LogP contribution >= 0.6 is 0 Å². The number of alkyl halides is 3. The molecule has 0 aliphatic carbocycles. The van der Waals surface area contributed by atoms with Crippen molar-refractivity contribution in [1.29, 1.82) is 5.26 Å². The molecule has 0 N–H and O–H groups in total. The van der Waals surface area contributed by atoms with Gasteiger partial charge in [-0.05, 0) is 48.9 Å². The second kappa shape index (κ2) is 5.44. The molecule has 2 aromatic carbocycles. The molecule has 0 heterocycles. The van der Waals surface area contributed by atoms with Gasteiger partial charge >= 0.3 is 6.18 Å². The third-order valence-corrected chi connectivity index (χ3v) is 2.78. The monoisotopic (exact) mass is 295 g/mol. The zero-order valence-electron chi connectivity index (χ0n) is 10.8. The largest absolute Gasteiger partial charge is 0.456 e. The lowest BCUT2D eigenvalue weighted by atomic mass is 10.1. The van der Waals surface area contributed by atoms with Gasteiger partial charge in [0.25, 0.3) is 0 Å². The highest BCUT2D eigenvalue weighted by Crippen LogP contribution is 2.34. The predicted octanol–water partition coefficient (Wildman–Crippen LogP) is 4.82. The summed E-state index contributed by atoms with van der Waals surface area (Å²) in [7, 11) is 0. The number of benzene rings is 2. The van der Waals surface area contributed by atoms with Crippen LogP contribution in [0, 0.1) is 24.1 Å². The number of ether oxygens (including phenoxy) is 1. The Balaban J connectivity index is 2.36. The van der Waals surface area contributed by atoms with Crippen LogP contribution in [-0.2, 0) is 6.18 Å². The Kier molecular flexibility index (Phi) is 3.85. The Hall–Kier alpha value is -2.55. The summed E-state index contributed by atoms with van der Waals surface area (Å²) in [6.45, 7) is 1.53. The Morgan fingerprint density at radius 1 is 1.10 bits per heavy atom. The molecule has 0 aromatic heterocycles. The Morgan fingerprint density at radius 2 is 1.81 bits per heavy atom. The molecule has 0 atom stereocenters. The Morgan fingerprint density at radius 3 is 2.38 bits per heavy atom. The van der Waals surface area contributed by atoms with Crippen LogP contribution in [0.1, 0.15) is 16.7 Å². The minimum Gasteiger partial charge on any atom is -0.456 e. The van der Waals surface area contributed by atoms with Crippen molar-refractivity contribution in [2.45, 2.75) is 13.1 Å². The molecule has 0 amide bonds. The molecule has 2 nitrogen and oxygen atoms in total. The fourth-order valence-corrected chi connectivity index (χ4v) is 1.69. The van der Waals surface area contributed by atoms with Gasteiger partial charge in [0, 0.05) is 0 Å². The summed E-state index contributed by atoms with van der Waals surface area (Å²) in [5.41, 5.74) is -0.841. The van der Waals surface area contributed by atoms with Gasteiger partial charge in [-0.2, -0.15) is 18.4 Å². The predicted molar refractivity (Wildman–Crippen MR) is 67.4 cm³/mol. The topological polar surface area (TPSA) is 33.0 Å². The number of hydrogen-bond donors (Lipinski definition) is 0. The van der Waals surface area contributed by atoms with Crippen LogP contribution in [0.4, 0.5) is 17.6 Å². The first kappa shape index (κ1) is 14.9. The molecule has 0 unspecified atom stereocenters. The number of nitriles is 1. The van der Waals surface area contributed by atoms with E-state index in [1.807, 2.05) is 0 Å². The highest BCUT2D eigenvalue weighted by atomic mass is 19.4. The molecule has 0 fully saturated rings. The first-order valence-corrected chi connectivity index (χ1v) is 5.86. The SMILES string of the molecule is Cc1cc(Oc2ccc(C(F)(F)F)cc2C#N)ccc1F. The lowest BCUT2D eigenvalue weighted by Crippen LogP contribution is -2.05. The lowest BCUT2D eigenvalue weighted by Gasteiger charge is -2.11. The van der Waals surface area contributed by atoms with Crippen LogP contribution in [-0.4, -0.2) is 0 Å². The van der Waals surface area contributed by atoms with Crippen molar-refractivity contribution in [2.24, 2.45) is 0 Å². The van der Waals surface area contributed by atoms with Crippen molar-refractivity contribution < 1.29 is 22.3 Å². The molecule has 0 radical (unpaired) electrons. The fraction of sp³-hybridized carbons (Fsp3) is 0.133. The number of halogens is 4. The second-order valence-electron chi connectivity index (χ2n) is 4.33. The van der Waals surface area contributed by atoms with Crippen LogP contribution in [0.2, 0.25) is 0 Å². The molecule has 6 heteroatoms. The van der Waals surface area contributed by atoms with Gasteiger partial charge < -0.3 is 4.74 Å². The molecule has 21 heavy (non-hydrogen) atoms. The maximum absolute atomic E-state index is 13.1. The number of aryl methyl sites for hydroxylation is 1. The van der Waals surface area contributed by atoms with E-state index in [2.05, 4.69) is 0 Å². The number of nitrogens with zero attached hydrogens (tertiary/aromatic N) is 1. The van der Waals surface area contributed by atoms with Crippen LogP contribution < -0.4 is 4.74 Å². The van der Waals surface area contributed by atoms with E-state index >= 15 is 0 Å². The van der Waals surface area contributed by atoms with Gasteiger partial charge in [0.05, 0.1) is 11.1 Å². The van der Waals surface area contributed by atoms with E-state index in [4.69, 9.17) is 10.00 Å². The van der Waals surface area contributed by atoms with E-state index in [-0.39, 0.29) is 17.1 Å². The molecule has 0 spiro atoms. The van der Waals surface area contributed by atoms with Crippen molar-refractivity contribution in [3.05, 3.63) is 58.9 Å². The molecule has 0 bridgehead atoms. The Labute approximate surface area is 118 Å². The summed E-state index contributed by atoms with van der Waals surface area (Å²) in [6.07, 6.45) is -4.53. The minimum atomic E-state index is -4.53. The van der Waals surface area contributed by atoms with Gasteiger partial charge in [0.15, 0.2) is 0 Å². The number of hydrogen-bond acceptors (Lipinski definition) is 2. The third kappa shape index (κ3) is 3.31. The summed E-state index contributed by atoms with van der Waals surface area (Å²) < 4.78 is 56.2. The highest BCUT2D eigenvalue weighted by molar-refractivity contribution is 5.48. The van der Waals surface area contributed by atoms with Gasteiger partial charge in [-0.15, -0.1) is 0 Å². The first-order chi connectivity index (χ1) is 9.81. The molecule has 108 valence electrons. The minimum absolute atomic E-state index is 0.0171. The zero-order valence-corrected chi connectivity index (χ0v) is 10.8. The molecule has 2 aromatic rings. The molecular formula is C15H9F4NO. The van der Waals surface area contributed by atoms with Gasteiger partial charge in [0.1, 0.15) is 23.4 Å². The molecule has 2 rings (SSSR count). The molecule has 0 saturated carbocycles. The van der Waals surface area contributed by atoms with E-state index in [1.54, 1.807) is 6.07 Å². The smallest absolute Gasteiger partial charge is 0.416 e. The van der Waals surface area contributed by atoms with Gasteiger partial charge in [-0.3, -0.25) is 0 Å². The second-order valence-corrected chi connectivity index (χ2v) is 4.33. The molecule has 0 aliphatic rings. The van der Waals surface area contributed by atoms with Gasteiger partial charge in [0.2, 0.25) is 0 Å². The van der Waals surface area contributed by atoms with E-state index < -0.39 is 17.6 Å². The lowest BCUT2D eigenvalue weighted by molar-refractivity contribution is -0.137. The summed E-state index contributed by atoms with van der Waals surface area (Å²) >= 11 is 0. The standard InChI is InChI=1S/C15H9F4NO/c1-9-6-12(3-4-13(9)16)21-14-5-2-11(15(17,18)19)7-10(14)8-20/h2-7H,1H3. The summed E-state index contributed by atoms with van der Waals surface area (Å²) in [5.74, 6) is -0.197. The Bertz CT molecular complexity index is 717. The number of rotatable bonds is 2. The maximum atomic E-state index is 13.1. The van der Waals surface area contributed by atoms with Crippen molar-refractivity contribution in [3.63, 3.8) is 0 Å². The fourth-order valence-electron chi connectivity index (χ4n) is 1.69. The summed E-state index contributed by atoms with van der Waals surface area (Å²) in [5, 5.41) is 8.93. The normalized spacial score (nSPS) is 11.0. The van der Waals surface area contributed by atoms with E-state index in [0.717, 1.165) is 12.1 Å². The average Bonchev–Trinajstić information content (AvgIpc) is 2.42. The third-order valence-electron chi connectivity index (χ3n) is 2.78. The van der Waals surface area contributed by atoms with Crippen LogP contribution in [0.5, 0.6) is 11.5 Å². The maximum Gasteiger partial charge on any atom is 0.416 e. The molecular weight excluding hydrogens is 286 g/mol. The van der Waals surface area contributed by atoms with Crippen molar-refractivity contribution in [2.75, 3.05) is 0 Å². The highest BCUT2D eigenvalue weighted by Gasteiger charge is 2.31. The van der Waals surface area contributed by atoms with Gasteiger partial charge in [-0.25, -0.2) is 4.39 Å². The molecule has 0 aliphatic heterocycles. The quantitative estimate of drug-likeness (QED) is 0.744. The summed E-state index contributed by atoms with van der Waals surface area (Å²) in [6, 6.07) is 8.18.